The molecule has 5 N–H and O–H groups in total. The van der Waals surface area contributed by atoms with Gasteiger partial charge in [0.1, 0.15) is 18.3 Å². The fraction of sp³-hybridized carbons (Fsp3) is 0.500. The van der Waals surface area contributed by atoms with Gasteiger partial charge in [-0.2, -0.15) is 4.98 Å². The number of phosphoric acid groups is 1. The van der Waals surface area contributed by atoms with Crippen LogP contribution < -0.4 is 80.2 Å². The van der Waals surface area contributed by atoms with Crippen molar-refractivity contribution in [3.05, 3.63) is 16.7 Å². The summed E-state index contributed by atoms with van der Waals surface area (Å²) in [6.45, 7) is -0.721. The zero-order valence-electron chi connectivity index (χ0n) is 13.8. The second kappa shape index (κ2) is 9.09. The first kappa shape index (κ1) is 24.2. The first-order chi connectivity index (χ1) is 11.2. The van der Waals surface area contributed by atoms with Crippen LogP contribution >= 0.6 is 7.82 Å². The van der Waals surface area contributed by atoms with Crippen molar-refractivity contribution in [1.29, 1.82) is 0 Å². The number of hydrogen-bond donors (Lipinski definition) is 4. The van der Waals surface area contributed by atoms with Crippen LogP contribution in [0.5, 0.6) is 0 Å². The molecule has 4 atom stereocenters. The number of anilines is 1. The molecule has 0 aromatic carbocycles. The van der Waals surface area contributed by atoms with E-state index in [1.165, 1.54) is 0 Å². The number of imidazole rings is 1. The van der Waals surface area contributed by atoms with Gasteiger partial charge in [0.25, 0.3) is 5.56 Å². The maximum atomic E-state index is 11.7. The van der Waals surface area contributed by atoms with Crippen molar-refractivity contribution in [3.8, 4) is 0 Å². The average molecular weight is 407 g/mol. The Kier molecular flexibility index (Phi) is 8.46. The molecule has 13 nitrogen and oxygen atoms in total. The SMILES string of the molecule is Nc1nc2c(ncn2C2OC(CO)C(OP(=O)([O-])[O-])C2O)c(=O)[nH]1.[Na+].[Na+]. The topological polar surface area (TPSA) is 212 Å². The molecule has 1 fully saturated rings. The molecule has 0 spiro atoms. The first-order valence-electron chi connectivity index (χ1n) is 6.58. The second-order valence-electron chi connectivity index (χ2n) is 5.03. The van der Waals surface area contributed by atoms with Gasteiger partial charge in [0.15, 0.2) is 17.4 Å². The number of fused-ring (bicyclic) bond motifs is 1. The van der Waals surface area contributed by atoms with Crippen LogP contribution in [0.4, 0.5) is 5.95 Å². The van der Waals surface area contributed by atoms with Gasteiger partial charge in [0.2, 0.25) is 5.95 Å². The van der Waals surface area contributed by atoms with Crippen molar-refractivity contribution >= 4 is 24.9 Å². The standard InChI is InChI=1S/C10H14N5O8P.2Na/c11-10-13-7-4(8(18)14-10)12-2-15(7)9-5(17)6(3(1-16)22-9)23-24(19,20)21;;/h2-3,5-6,9,16-17H,1H2,(H2,19,20,21)(H3,11,13,14,18);;/q;2*+1/p-2. The van der Waals surface area contributed by atoms with Crippen LogP contribution in [0.25, 0.3) is 11.2 Å². The van der Waals surface area contributed by atoms with Crippen LogP contribution in [0.3, 0.4) is 0 Å². The van der Waals surface area contributed by atoms with Gasteiger partial charge in [-0.15, -0.1) is 0 Å². The molecule has 3 heterocycles. The Balaban J connectivity index is 0.00000169. The Morgan fingerprint density at radius 1 is 1.46 bits per heavy atom. The molecule has 16 heteroatoms. The number of nitrogens with two attached hydrogens (primary N) is 1. The molecule has 0 aliphatic carbocycles. The van der Waals surface area contributed by atoms with Crippen LogP contribution in [-0.4, -0.2) is 54.7 Å². The van der Waals surface area contributed by atoms with Crippen LogP contribution in [0, 0.1) is 0 Å². The van der Waals surface area contributed by atoms with E-state index in [2.05, 4.69) is 19.5 Å². The minimum Gasteiger partial charge on any atom is -0.790 e. The van der Waals surface area contributed by atoms with E-state index in [0.29, 0.717) is 0 Å². The van der Waals surface area contributed by atoms with Gasteiger partial charge >= 0.3 is 59.1 Å². The number of nitrogen functional groups attached to an aromatic ring is 1. The number of nitrogens with zero attached hydrogens (tertiary/aromatic N) is 3. The maximum Gasteiger partial charge on any atom is 1.00 e. The number of phosphoric ester groups is 1. The van der Waals surface area contributed by atoms with E-state index in [1.54, 1.807) is 0 Å². The third kappa shape index (κ3) is 4.75. The van der Waals surface area contributed by atoms with Crippen molar-refractivity contribution in [2.45, 2.75) is 24.5 Å². The molecule has 0 saturated carbocycles. The van der Waals surface area contributed by atoms with E-state index in [0.717, 1.165) is 10.9 Å². The van der Waals surface area contributed by atoms with E-state index in [9.17, 15) is 29.4 Å². The summed E-state index contributed by atoms with van der Waals surface area (Å²) >= 11 is 0. The summed E-state index contributed by atoms with van der Waals surface area (Å²) in [5, 5.41) is 19.5. The summed E-state index contributed by atoms with van der Waals surface area (Å²) in [5.74, 6) is -0.211. The number of hydrogen-bond acceptors (Lipinski definition) is 11. The van der Waals surface area contributed by atoms with E-state index < -0.39 is 44.5 Å². The molecular weight excluding hydrogens is 395 g/mol. The summed E-state index contributed by atoms with van der Waals surface area (Å²) in [6.07, 6.45) is -4.77. The molecule has 1 aliphatic heterocycles. The van der Waals surface area contributed by atoms with Gasteiger partial charge in [-0.25, -0.2) is 4.98 Å². The van der Waals surface area contributed by atoms with Gasteiger partial charge in [-0.1, -0.05) is 0 Å². The molecule has 2 aromatic heterocycles. The average Bonchev–Trinajstić information content (AvgIpc) is 3.00. The number of rotatable bonds is 4. The predicted octanol–water partition coefficient (Wildman–Crippen LogP) is -9.83. The molecule has 1 aliphatic rings. The molecule has 0 bridgehead atoms. The molecule has 0 amide bonds. The van der Waals surface area contributed by atoms with Gasteiger partial charge in [-0.05, 0) is 0 Å². The fourth-order valence-corrected chi connectivity index (χ4v) is 3.06. The fourth-order valence-electron chi connectivity index (χ4n) is 2.50. The number of aliphatic hydroxyl groups excluding tert-OH is 2. The Morgan fingerprint density at radius 3 is 2.69 bits per heavy atom. The van der Waals surface area contributed by atoms with Crippen molar-refractivity contribution in [3.63, 3.8) is 0 Å². The number of H-pyrrole nitrogens is 1. The van der Waals surface area contributed by atoms with Crippen molar-refractivity contribution in [2.24, 2.45) is 0 Å². The Labute approximate surface area is 189 Å². The quantitative estimate of drug-likeness (QED) is 0.276. The first-order valence-corrected chi connectivity index (χ1v) is 8.04. The minimum absolute atomic E-state index is 0. The number of aliphatic hydroxyl groups is 2. The molecule has 4 unspecified atom stereocenters. The van der Waals surface area contributed by atoms with Gasteiger partial charge < -0.3 is 39.6 Å². The number of aromatic nitrogens is 4. The molecule has 2 aromatic rings. The van der Waals surface area contributed by atoms with E-state index in [1.807, 2.05) is 0 Å². The van der Waals surface area contributed by atoms with Gasteiger partial charge in [0.05, 0.1) is 20.8 Å². The van der Waals surface area contributed by atoms with Crippen LogP contribution in [0.2, 0.25) is 0 Å². The molecule has 3 rings (SSSR count). The maximum absolute atomic E-state index is 11.7. The minimum atomic E-state index is -5.44. The molecule has 26 heavy (non-hydrogen) atoms. The molecule has 132 valence electrons. The predicted molar refractivity (Wildman–Crippen MR) is 72.0 cm³/mol. The largest absolute Gasteiger partial charge is 1.00 e. The summed E-state index contributed by atoms with van der Waals surface area (Å²) in [7, 11) is -5.44. The second-order valence-corrected chi connectivity index (χ2v) is 6.14. The van der Waals surface area contributed by atoms with Crippen molar-refractivity contribution in [1.82, 2.24) is 19.5 Å². The summed E-state index contributed by atoms with van der Waals surface area (Å²) in [6, 6.07) is 0. The van der Waals surface area contributed by atoms with Crippen LogP contribution in [-0.2, 0) is 13.8 Å². The van der Waals surface area contributed by atoms with Gasteiger partial charge in [-0.3, -0.25) is 14.3 Å². The van der Waals surface area contributed by atoms with Crippen LogP contribution in [0.1, 0.15) is 6.23 Å². The van der Waals surface area contributed by atoms with Crippen molar-refractivity contribution in [2.75, 3.05) is 12.3 Å². The number of ether oxygens (including phenoxy) is 1. The summed E-state index contributed by atoms with van der Waals surface area (Å²) < 4.78 is 21.5. The smallest absolute Gasteiger partial charge is 0.790 e. The molecule has 1 saturated heterocycles. The normalized spacial score (nSPS) is 25.7. The van der Waals surface area contributed by atoms with Crippen molar-refractivity contribution < 1.29 is 92.9 Å². The third-order valence-electron chi connectivity index (χ3n) is 3.46. The van der Waals surface area contributed by atoms with E-state index in [4.69, 9.17) is 10.5 Å². The number of aromatic amines is 1. The Morgan fingerprint density at radius 2 is 2.12 bits per heavy atom. The van der Waals surface area contributed by atoms with Crippen LogP contribution in [0.15, 0.2) is 11.1 Å². The Bertz CT molecular complexity index is 871. The summed E-state index contributed by atoms with van der Waals surface area (Å²) in [4.78, 5) is 43.3. The molecular formula is C10H12N5Na2O8P. The van der Waals surface area contributed by atoms with E-state index >= 15 is 0 Å². The Hall–Kier alpha value is 0.140. The monoisotopic (exact) mass is 407 g/mol. The zero-order chi connectivity index (χ0) is 17.6. The molecule has 0 radical (unpaired) electrons. The third-order valence-corrected chi connectivity index (χ3v) is 3.97. The zero-order valence-corrected chi connectivity index (χ0v) is 18.7. The van der Waals surface area contributed by atoms with Gasteiger partial charge in [0, 0.05) is 0 Å². The number of nitrogens with one attached hydrogen (secondary N) is 1. The summed E-state index contributed by atoms with van der Waals surface area (Å²) in [5.41, 5.74) is 4.70. The van der Waals surface area contributed by atoms with E-state index in [-0.39, 0.29) is 76.2 Å².